The number of rotatable bonds is 9. The Morgan fingerprint density at radius 3 is 2.93 bits per heavy atom. The molecule has 0 aliphatic rings. The third-order valence-electron chi connectivity index (χ3n) is 4.00. The van der Waals surface area contributed by atoms with E-state index in [2.05, 4.69) is 27.2 Å². The first-order valence-electron chi connectivity index (χ1n) is 8.78. The number of H-pyrrole nitrogens is 1. The van der Waals surface area contributed by atoms with Crippen LogP contribution in [-0.4, -0.2) is 40.1 Å². The largest absolute Gasteiger partial charge is 0.370 e. The van der Waals surface area contributed by atoms with Gasteiger partial charge in [0.1, 0.15) is 5.65 Å². The first-order chi connectivity index (χ1) is 12.9. The minimum atomic E-state index is -0.317. The maximum absolute atomic E-state index is 12.2. The van der Waals surface area contributed by atoms with Gasteiger partial charge in [-0.3, -0.25) is 9.98 Å². The summed E-state index contributed by atoms with van der Waals surface area (Å²) in [6.07, 6.45) is 8.24. The summed E-state index contributed by atoms with van der Waals surface area (Å²) in [6.45, 7) is 9.75. The van der Waals surface area contributed by atoms with Crippen LogP contribution in [0.4, 0.5) is 0 Å². The molecule has 0 unspecified atom stereocenters. The SMILES string of the molecule is C=C/C(=C\C=C(/C)n1cc2cc(C)[nH]c2nc1=O)CNCCCNC(=N)N. The third-order valence-corrected chi connectivity index (χ3v) is 4.00. The fraction of sp³-hybridized carbons (Fsp3) is 0.316. The van der Waals surface area contributed by atoms with Crippen molar-refractivity contribution >= 4 is 22.7 Å². The molecule has 0 amide bonds. The highest BCUT2D eigenvalue weighted by atomic mass is 16.1. The van der Waals surface area contributed by atoms with Crippen LogP contribution >= 0.6 is 0 Å². The van der Waals surface area contributed by atoms with E-state index in [4.69, 9.17) is 11.1 Å². The van der Waals surface area contributed by atoms with Crippen molar-refractivity contribution in [3.05, 3.63) is 58.8 Å². The Kier molecular flexibility index (Phi) is 7.13. The highest BCUT2D eigenvalue weighted by Gasteiger charge is 2.05. The van der Waals surface area contributed by atoms with Gasteiger partial charge in [0.2, 0.25) is 0 Å². The molecule has 8 heteroatoms. The number of fused-ring (bicyclic) bond motifs is 1. The normalized spacial score (nSPS) is 12.4. The number of aromatic nitrogens is 3. The molecule has 144 valence electrons. The van der Waals surface area contributed by atoms with Crippen molar-refractivity contribution in [3.8, 4) is 0 Å². The summed E-state index contributed by atoms with van der Waals surface area (Å²) in [5.41, 5.74) is 8.27. The molecular weight excluding hydrogens is 342 g/mol. The molecule has 0 bridgehead atoms. The van der Waals surface area contributed by atoms with Gasteiger partial charge in [0.25, 0.3) is 0 Å². The van der Waals surface area contributed by atoms with Crippen LogP contribution in [0.25, 0.3) is 16.7 Å². The van der Waals surface area contributed by atoms with Crippen molar-refractivity contribution in [2.24, 2.45) is 5.73 Å². The second-order valence-electron chi connectivity index (χ2n) is 6.27. The van der Waals surface area contributed by atoms with E-state index in [1.54, 1.807) is 12.3 Å². The second-order valence-corrected chi connectivity index (χ2v) is 6.27. The summed E-state index contributed by atoms with van der Waals surface area (Å²) in [5.74, 6) is -0.0139. The van der Waals surface area contributed by atoms with Crippen molar-refractivity contribution in [3.63, 3.8) is 0 Å². The zero-order valence-corrected chi connectivity index (χ0v) is 15.8. The lowest BCUT2D eigenvalue weighted by Crippen LogP contribution is -2.32. The molecule has 0 aromatic carbocycles. The van der Waals surface area contributed by atoms with E-state index in [-0.39, 0.29) is 11.6 Å². The molecule has 2 rings (SSSR count). The van der Waals surface area contributed by atoms with Gasteiger partial charge in [-0.25, -0.2) is 4.79 Å². The molecule has 2 aromatic heterocycles. The van der Waals surface area contributed by atoms with Crippen LogP contribution in [0, 0.1) is 12.3 Å². The fourth-order valence-corrected chi connectivity index (χ4v) is 2.56. The Balaban J connectivity index is 2.00. The number of aryl methyl sites for hydroxylation is 1. The van der Waals surface area contributed by atoms with Crippen molar-refractivity contribution in [2.75, 3.05) is 19.6 Å². The first kappa shape index (κ1) is 20.2. The topological polar surface area (TPSA) is 125 Å². The van der Waals surface area contributed by atoms with Gasteiger partial charge in [-0.05, 0) is 44.5 Å². The van der Waals surface area contributed by atoms with Gasteiger partial charge < -0.3 is 21.4 Å². The van der Waals surface area contributed by atoms with Gasteiger partial charge in [0.15, 0.2) is 5.96 Å². The quantitative estimate of drug-likeness (QED) is 0.198. The van der Waals surface area contributed by atoms with Crippen molar-refractivity contribution < 1.29 is 0 Å². The molecule has 0 aliphatic heterocycles. The van der Waals surface area contributed by atoms with Gasteiger partial charge >= 0.3 is 5.69 Å². The molecule has 0 saturated carbocycles. The van der Waals surface area contributed by atoms with Gasteiger partial charge in [-0.15, -0.1) is 0 Å². The lowest BCUT2D eigenvalue weighted by Gasteiger charge is -2.07. The van der Waals surface area contributed by atoms with Crippen LogP contribution in [0.5, 0.6) is 0 Å². The Morgan fingerprint density at radius 2 is 2.22 bits per heavy atom. The van der Waals surface area contributed by atoms with E-state index in [0.29, 0.717) is 18.7 Å². The van der Waals surface area contributed by atoms with Crippen LogP contribution in [0.15, 0.2) is 47.4 Å². The highest BCUT2D eigenvalue weighted by Crippen LogP contribution is 2.12. The average Bonchev–Trinajstić information content (AvgIpc) is 2.98. The number of nitrogens with two attached hydrogens (primary N) is 1. The van der Waals surface area contributed by atoms with Crippen molar-refractivity contribution in [1.29, 1.82) is 5.41 Å². The summed E-state index contributed by atoms with van der Waals surface area (Å²) in [6, 6.07) is 1.96. The summed E-state index contributed by atoms with van der Waals surface area (Å²) < 4.78 is 1.54. The van der Waals surface area contributed by atoms with E-state index in [0.717, 1.165) is 35.3 Å². The molecule has 0 saturated heterocycles. The van der Waals surface area contributed by atoms with E-state index in [1.807, 2.05) is 32.1 Å². The number of hydrogen-bond donors (Lipinski definition) is 5. The second kappa shape index (κ2) is 9.54. The number of aromatic amines is 1. The predicted octanol–water partition coefficient (Wildman–Crippen LogP) is 1.47. The van der Waals surface area contributed by atoms with Crippen LogP contribution in [0.1, 0.15) is 19.0 Å². The molecule has 8 nitrogen and oxygen atoms in total. The zero-order chi connectivity index (χ0) is 19.8. The summed E-state index contributed by atoms with van der Waals surface area (Å²) in [4.78, 5) is 19.4. The average molecular weight is 369 g/mol. The fourth-order valence-electron chi connectivity index (χ4n) is 2.56. The third kappa shape index (κ3) is 5.96. The van der Waals surface area contributed by atoms with E-state index < -0.39 is 0 Å². The van der Waals surface area contributed by atoms with Crippen LogP contribution in [0.3, 0.4) is 0 Å². The van der Waals surface area contributed by atoms with Crippen LogP contribution in [-0.2, 0) is 0 Å². The Bertz CT molecular complexity index is 933. The zero-order valence-electron chi connectivity index (χ0n) is 15.8. The minimum Gasteiger partial charge on any atom is -0.370 e. The van der Waals surface area contributed by atoms with Crippen molar-refractivity contribution in [1.82, 2.24) is 25.2 Å². The van der Waals surface area contributed by atoms with Crippen molar-refractivity contribution in [2.45, 2.75) is 20.3 Å². The smallest absolute Gasteiger partial charge is 0.353 e. The number of nitrogens with one attached hydrogen (secondary N) is 4. The maximum atomic E-state index is 12.2. The lowest BCUT2D eigenvalue weighted by atomic mass is 10.2. The molecule has 6 N–H and O–H groups in total. The number of hydrogen-bond acceptors (Lipinski definition) is 4. The molecule has 27 heavy (non-hydrogen) atoms. The van der Waals surface area contributed by atoms with Gasteiger partial charge in [-0.2, -0.15) is 4.98 Å². The van der Waals surface area contributed by atoms with Gasteiger partial charge in [-0.1, -0.05) is 18.7 Å². The summed E-state index contributed by atoms with van der Waals surface area (Å²) >= 11 is 0. The molecule has 0 aliphatic carbocycles. The summed E-state index contributed by atoms with van der Waals surface area (Å²) in [5, 5.41) is 14.1. The first-order valence-corrected chi connectivity index (χ1v) is 8.78. The lowest BCUT2D eigenvalue weighted by molar-refractivity contribution is 0.670. The Morgan fingerprint density at radius 1 is 1.44 bits per heavy atom. The molecular formula is C19H27N7O. The Hall–Kier alpha value is -3.13. The van der Waals surface area contributed by atoms with Gasteiger partial charge in [0, 0.05) is 36.1 Å². The number of allylic oxidation sites excluding steroid dienone is 3. The van der Waals surface area contributed by atoms with Crippen LogP contribution < -0.4 is 22.1 Å². The van der Waals surface area contributed by atoms with Gasteiger partial charge in [0.05, 0.1) is 0 Å². The van der Waals surface area contributed by atoms with E-state index in [1.165, 1.54) is 4.57 Å². The molecule has 0 fully saturated rings. The van der Waals surface area contributed by atoms with E-state index in [9.17, 15) is 4.79 Å². The minimum absolute atomic E-state index is 0.0139. The molecule has 0 spiro atoms. The standard InChI is InChI=1S/C19H27N7O/c1-4-15(11-22-8-5-9-23-18(20)21)7-6-14(3)26-12-16-10-13(2)24-17(16)25-19(26)27/h4,6-7,10,12,22H,1,5,8-9,11H2,2-3H3,(H4,20,21,23)(H,24,25,27)/b14-6+,15-7+. The maximum Gasteiger partial charge on any atom is 0.353 e. The Labute approximate surface area is 158 Å². The molecule has 2 heterocycles. The van der Waals surface area contributed by atoms with E-state index >= 15 is 0 Å². The monoisotopic (exact) mass is 369 g/mol. The summed E-state index contributed by atoms with van der Waals surface area (Å²) in [7, 11) is 0. The van der Waals surface area contributed by atoms with Crippen LogP contribution in [0.2, 0.25) is 0 Å². The predicted molar refractivity (Wildman–Crippen MR) is 111 cm³/mol. The number of guanidine groups is 1. The highest BCUT2D eigenvalue weighted by molar-refractivity contribution is 5.76. The molecule has 0 atom stereocenters. The molecule has 0 radical (unpaired) electrons. The molecule has 2 aromatic rings. The number of nitrogens with zero attached hydrogens (tertiary/aromatic N) is 2.